The van der Waals surface area contributed by atoms with Gasteiger partial charge in [-0.15, -0.1) is 0 Å². The summed E-state index contributed by atoms with van der Waals surface area (Å²) in [7, 11) is 0. The summed E-state index contributed by atoms with van der Waals surface area (Å²) >= 11 is 0. The van der Waals surface area contributed by atoms with Gasteiger partial charge in [0.2, 0.25) is 0 Å². The van der Waals surface area contributed by atoms with Crippen molar-refractivity contribution in [1.29, 1.82) is 0 Å². The van der Waals surface area contributed by atoms with Crippen molar-refractivity contribution in [2.45, 2.75) is 104 Å². The van der Waals surface area contributed by atoms with Crippen LogP contribution < -0.4 is 0 Å². The Balaban J connectivity index is 1.71. The van der Waals surface area contributed by atoms with Crippen molar-refractivity contribution >= 4 is 0 Å². The predicted molar refractivity (Wildman–Crippen MR) is 115 cm³/mol. The first-order valence-corrected chi connectivity index (χ1v) is 12.3. The number of aliphatic hydroxyl groups excluding tert-OH is 3. The van der Waals surface area contributed by atoms with Gasteiger partial charge >= 0.3 is 0 Å². The van der Waals surface area contributed by atoms with Crippen LogP contribution in [0.25, 0.3) is 0 Å². The van der Waals surface area contributed by atoms with E-state index in [-0.39, 0.29) is 17.9 Å². The van der Waals surface area contributed by atoms with Crippen LogP contribution in [0, 0.1) is 46.3 Å². The van der Waals surface area contributed by atoms with E-state index in [1.54, 1.807) is 0 Å². The van der Waals surface area contributed by atoms with E-state index in [4.69, 9.17) is 4.74 Å². The van der Waals surface area contributed by atoms with Crippen molar-refractivity contribution in [2.24, 2.45) is 46.3 Å². The van der Waals surface area contributed by atoms with Crippen molar-refractivity contribution in [3.63, 3.8) is 0 Å². The van der Waals surface area contributed by atoms with Gasteiger partial charge in [-0.1, -0.05) is 41.0 Å². The Morgan fingerprint density at radius 3 is 2.17 bits per heavy atom. The number of aliphatic hydroxyl groups is 4. The summed E-state index contributed by atoms with van der Waals surface area (Å²) in [5, 5.41) is 42.7. The normalized spacial score (nSPS) is 56.5. The van der Waals surface area contributed by atoms with E-state index in [0.29, 0.717) is 35.0 Å². The zero-order valence-corrected chi connectivity index (χ0v) is 19.6. The lowest BCUT2D eigenvalue weighted by Gasteiger charge is -2.62. The molecular formula is C25H44O5. The topological polar surface area (TPSA) is 90.2 Å². The molecule has 0 aromatic carbocycles. The maximum Gasteiger partial charge on any atom is 0.198 e. The number of hydrogen-bond acceptors (Lipinski definition) is 5. The van der Waals surface area contributed by atoms with Crippen LogP contribution in [-0.2, 0) is 4.74 Å². The second-order valence-corrected chi connectivity index (χ2v) is 12.2. The fraction of sp³-hybridized carbons (Fsp3) is 1.00. The zero-order chi connectivity index (χ0) is 22.1. The summed E-state index contributed by atoms with van der Waals surface area (Å²) in [6, 6.07) is 0. The lowest BCUT2D eigenvalue weighted by atomic mass is 9.45. The minimum absolute atomic E-state index is 0.142. The molecule has 0 radical (unpaired) electrons. The fourth-order valence-electron chi connectivity index (χ4n) is 8.50. The summed E-state index contributed by atoms with van der Waals surface area (Å²) in [5.41, 5.74) is 0.170. The maximum atomic E-state index is 11.6. The molecule has 0 aromatic rings. The third kappa shape index (κ3) is 3.30. The molecule has 1 saturated heterocycles. The highest BCUT2D eigenvalue weighted by atomic mass is 16.6. The average molecular weight is 425 g/mol. The molecule has 0 spiro atoms. The number of ether oxygens (including phenoxy) is 1. The van der Waals surface area contributed by atoms with Gasteiger partial charge in [-0.3, -0.25) is 0 Å². The second kappa shape index (κ2) is 7.69. The standard InChI is InChI=1S/C25H44O5/c1-14-6-8-16-12-18-15(2)7-9-20(24(18,5)11-10-17(14)23(16,3)4)25(29)22(28)21(27)19(26)13-30-25/h14-22,26-29H,6-13H2,1-5H3/t14-,15-,16+,17+,18-,19-,20?,21+,22-,24+,25?/m1/s1. The molecule has 11 atom stereocenters. The van der Waals surface area contributed by atoms with E-state index < -0.39 is 24.1 Å². The van der Waals surface area contributed by atoms with Crippen molar-refractivity contribution in [2.75, 3.05) is 6.61 Å². The van der Waals surface area contributed by atoms with Gasteiger partial charge in [0.1, 0.15) is 18.3 Å². The highest BCUT2D eigenvalue weighted by molar-refractivity contribution is 5.08. The molecule has 4 fully saturated rings. The van der Waals surface area contributed by atoms with E-state index in [0.717, 1.165) is 25.7 Å². The summed E-state index contributed by atoms with van der Waals surface area (Å²) in [5.74, 6) is 1.04. The molecule has 5 heteroatoms. The van der Waals surface area contributed by atoms with E-state index in [9.17, 15) is 20.4 Å². The summed E-state index contributed by atoms with van der Waals surface area (Å²) in [6.45, 7) is 11.9. The second-order valence-electron chi connectivity index (χ2n) is 12.2. The van der Waals surface area contributed by atoms with Gasteiger partial charge in [-0.25, -0.2) is 0 Å². The van der Waals surface area contributed by atoms with Crippen molar-refractivity contribution < 1.29 is 25.2 Å². The highest BCUT2D eigenvalue weighted by Crippen LogP contribution is 2.63. The first kappa shape index (κ1) is 23.0. The summed E-state index contributed by atoms with van der Waals surface area (Å²) < 4.78 is 5.77. The molecule has 4 aliphatic rings. The SMILES string of the molecule is C[C@@H]1CCC(C2(O)OC[C@@H](O)[C@H](O)[C@H]2O)[C@@]2(C)CC[C@H]3[C@H](C)CC[C@@H](C[C@H]12)C3(C)C. The van der Waals surface area contributed by atoms with Crippen LogP contribution in [0.2, 0.25) is 0 Å². The van der Waals surface area contributed by atoms with E-state index >= 15 is 0 Å². The Labute approximate surface area is 182 Å². The lowest BCUT2D eigenvalue weighted by Crippen LogP contribution is -2.68. The third-order valence-electron chi connectivity index (χ3n) is 10.6. The van der Waals surface area contributed by atoms with Crippen molar-refractivity contribution in [1.82, 2.24) is 0 Å². The van der Waals surface area contributed by atoms with E-state index in [1.165, 1.54) is 19.3 Å². The first-order chi connectivity index (χ1) is 13.9. The minimum Gasteiger partial charge on any atom is -0.388 e. The van der Waals surface area contributed by atoms with Gasteiger partial charge in [-0.05, 0) is 78.9 Å². The summed E-state index contributed by atoms with van der Waals surface area (Å²) in [6.07, 6.45) is 3.65. The van der Waals surface area contributed by atoms with E-state index in [2.05, 4.69) is 34.6 Å². The van der Waals surface area contributed by atoms with Crippen molar-refractivity contribution in [3.8, 4) is 0 Å². The molecule has 3 saturated carbocycles. The third-order valence-corrected chi connectivity index (χ3v) is 10.6. The molecule has 174 valence electrons. The molecule has 1 aliphatic heterocycles. The number of rotatable bonds is 1. The van der Waals surface area contributed by atoms with Gasteiger partial charge in [0.25, 0.3) is 0 Å². The van der Waals surface area contributed by atoms with E-state index in [1.807, 2.05) is 0 Å². The molecule has 3 aliphatic carbocycles. The number of fused-ring (bicyclic) bond motifs is 3. The first-order valence-electron chi connectivity index (χ1n) is 12.3. The van der Waals surface area contributed by atoms with Crippen LogP contribution in [0.15, 0.2) is 0 Å². The van der Waals surface area contributed by atoms with Gasteiger partial charge < -0.3 is 25.2 Å². The largest absolute Gasteiger partial charge is 0.388 e. The summed E-state index contributed by atoms with van der Waals surface area (Å²) in [4.78, 5) is 0. The minimum atomic E-state index is -1.80. The van der Waals surface area contributed by atoms with Gasteiger partial charge in [0.05, 0.1) is 6.61 Å². The van der Waals surface area contributed by atoms with Crippen LogP contribution in [0.4, 0.5) is 0 Å². The lowest BCUT2D eigenvalue weighted by molar-refractivity contribution is -0.363. The zero-order valence-electron chi connectivity index (χ0n) is 19.6. The Morgan fingerprint density at radius 2 is 1.47 bits per heavy atom. The Morgan fingerprint density at radius 1 is 0.833 bits per heavy atom. The smallest absolute Gasteiger partial charge is 0.198 e. The van der Waals surface area contributed by atoms with Gasteiger partial charge in [0.15, 0.2) is 5.79 Å². The van der Waals surface area contributed by atoms with Crippen LogP contribution in [0.1, 0.15) is 79.6 Å². The van der Waals surface area contributed by atoms with Gasteiger partial charge in [-0.2, -0.15) is 0 Å². The molecule has 2 unspecified atom stereocenters. The maximum absolute atomic E-state index is 11.6. The molecule has 1 heterocycles. The molecule has 2 bridgehead atoms. The monoisotopic (exact) mass is 424 g/mol. The van der Waals surface area contributed by atoms with Crippen molar-refractivity contribution in [3.05, 3.63) is 0 Å². The van der Waals surface area contributed by atoms with Gasteiger partial charge in [0, 0.05) is 5.92 Å². The van der Waals surface area contributed by atoms with Crippen LogP contribution >= 0.6 is 0 Å². The molecule has 5 nitrogen and oxygen atoms in total. The molecule has 0 amide bonds. The Hall–Kier alpha value is -0.200. The molecule has 4 N–H and O–H groups in total. The number of hydrogen-bond donors (Lipinski definition) is 4. The Kier molecular flexibility index (Phi) is 5.89. The fourth-order valence-corrected chi connectivity index (χ4v) is 8.50. The predicted octanol–water partition coefficient (Wildman–Crippen LogP) is 3.33. The Bertz CT molecular complexity index is 637. The highest BCUT2D eigenvalue weighted by Gasteiger charge is 2.62. The molecule has 4 rings (SSSR count). The van der Waals surface area contributed by atoms with Crippen LogP contribution in [0.3, 0.4) is 0 Å². The molecular weight excluding hydrogens is 380 g/mol. The molecule has 0 aromatic heterocycles. The average Bonchev–Trinajstić information content (AvgIpc) is 2.67. The quantitative estimate of drug-likeness (QED) is 0.518. The van der Waals surface area contributed by atoms with Crippen LogP contribution in [-0.4, -0.2) is 51.1 Å². The van der Waals surface area contributed by atoms with Crippen LogP contribution in [0.5, 0.6) is 0 Å². The molecule has 30 heavy (non-hydrogen) atoms.